The Balaban J connectivity index is 2.30. The molecule has 1 atom stereocenters. The van der Waals surface area contributed by atoms with E-state index < -0.39 is 23.6 Å². The number of hydrogen-bond donors (Lipinski definition) is 2. The number of esters is 1. The molecule has 0 amide bonds. The number of carbonyl (C=O) groups is 1. The van der Waals surface area contributed by atoms with Gasteiger partial charge in [0.2, 0.25) is 0 Å². The van der Waals surface area contributed by atoms with Gasteiger partial charge in [-0.3, -0.25) is 4.79 Å². The Morgan fingerprint density at radius 1 is 1.43 bits per heavy atom. The fraction of sp³-hybridized carbons (Fsp3) is 0.357. The third-order valence-corrected chi connectivity index (χ3v) is 4.30. The van der Waals surface area contributed by atoms with Crippen molar-refractivity contribution in [2.45, 2.75) is 18.9 Å². The van der Waals surface area contributed by atoms with Crippen LogP contribution in [0.4, 0.5) is 4.39 Å². The highest BCUT2D eigenvalue weighted by Gasteiger charge is 2.19. The lowest BCUT2D eigenvalue weighted by Crippen LogP contribution is -2.03. The second-order valence-corrected chi connectivity index (χ2v) is 5.55. The van der Waals surface area contributed by atoms with Crippen molar-refractivity contribution in [3.8, 4) is 11.5 Å². The van der Waals surface area contributed by atoms with Crippen molar-refractivity contribution in [3.63, 3.8) is 0 Å². The van der Waals surface area contributed by atoms with Gasteiger partial charge in [-0.05, 0) is 12.5 Å². The zero-order valence-corrected chi connectivity index (χ0v) is 12.4. The van der Waals surface area contributed by atoms with Gasteiger partial charge in [0.15, 0.2) is 17.3 Å². The summed E-state index contributed by atoms with van der Waals surface area (Å²) in [5.74, 6) is -1.72. The van der Waals surface area contributed by atoms with E-state index in [1.165, 1.54) is 37.7 Å². The van der Waals surface area contributed by atoms with Gasteiger partial charge in [-0.25, -0.2) is 4.39 Å². The van der Waals surface area contributed by atoms with Crippen LogP contribution < -0.4 is 4.74 Å². The first-order chi connectivity index (χ1) is 9.97. The number of ether oxygens (including phenoxy) is 2. The van der Waals surface area contributed by atoms with Gasteiger partial charge in [-0.2, -0.15) is 0 Å². The first-order valence-corrected chi connectivity index (χ1v) is 7.03. The maximum atomic E-state index is 14.0. The Labute approximate surface area is 124 Å². The lowest BCUT2D eigenvalue weighted by atomic mass is 10.1. The summed E-state index contributed by atoms with van der Waals surface area (Å²) in [4.78, 5) is 11.6. The number of aliphatic hydroxyl groups is 1. The molecule has 21 heavy (non-hydrogen) atoms. The molecule has 5 nitrogen and oxygen atoms in total. The largest absolute Gasteiger partial charge is 0.502 e. The Morgan fingerprint density at radius 3 is 2.76 bits per heavy atom. The number of hydrogen-bond acceptors (Lipinski definition) is 6. The van der Waals surface area contributed by atoms with E-state index in [2.05, 4.69) is 4.74 Å². The zero-order chi connectivity index (χ0) is 15.6. The number of methoxy groups -OCH3 is 2. The van der Waals surface area contributed by atoms with Crippen LogP contribution in [0.3, 0.4) is 0 Å². The molecule has 7 heteroatoms. The van der Waals surface area contributed by atoms with Crippen molar-refractivity contribution >= 4 is 27.4 Å². The number of phenolic OH excluding ortho intramolecular Hbond substituents is 1. The maximum absolute atomic E-state index is 14.0. The number of carbonyl (C=O) groups excluding carboxylic acids is 1. The topological polar surface area (TPSA) is 76.0 Å². The smallest absolute Gasteiger partial charge is 0.305 e. The van der Waals surface area contributed by atoms with Gasteiger partial charge < -0.3 is 19.7 Å². The van der Waals surface area contributed by atoms with Crippen molar-refractivity contribution in [1.82, 2.24) is 0 Å². The van der Waals surface area contributed by atoms with Crippen molar-refractivity contribution in [2.24, 2.45) is 0 Å². The van der Waals surface area contributed by atoms with E-state index in [1.54, 1.807) is 0 Å². The lowest BCUT2D eigenvalue weighted by Gasteiger charge is -2.06. The highest BCUT2D eigenvalue weighted by Crippen LogP contribution is 2.40. The van der Waals surface area contributed by atoms with Crippen LogP contribution in [0.5, 0.6) is 11.5 Å². The number of thiophene rings is 1. The van der Waals surface area contributed by atoms with Gasteiger partial charge in [0.25, 0.3) is 0 Å². The van der Waals surface area contributed by atoms with Crippen LogP contribution in [0.25, 0.3) is 10.1 Å². The van der Waals surface area contributed by atoms with Crippen molar-refractivity contribution in [1.29, 1.82) is 0 Å². The Hall–Kier alpha value is -1.86. The summed E-state index contributed by atoms with van der Waals surface area (Å²) < 4.78 is 24.0. The number of benzene rings is 1. The number of rotatable bonds is 5. The minimum absolute atomic E-state index is 0.0393. The van der Waals surface area contributed by atoms with Crippen molar-refractivity contribution in [2.75, 3.05) is 14.2 Å². The molecule has 0 saturated heterocycles. The fourth-order valence-electron chi connectivity index (χ4n) is 1.95. The lowest BCUT2D eigenvalue weighted by molar-refractivity contribution is -0.141. The summed E-state index contributed by atoms with van der Waals surface area (Å²) in [6, 6.07) is 2.98. The van der Waals surface area contributed by atoms with Crippen LogP contribution in [0, 0.1) is 5.82 Å². The van der Waals surface area contributed by atoms with Gasteiger partial charge in [0.05, 0.1) is 20.3 Å². The number of aliphatic hydroxyl groups excluding tert-OH is 1. The predicted molar refractivity (Wildman–Crippen MR) is 76.2 cm³/mol. The maximum Gasteiger partial charge on any atom is 0.305 e. The Kier molecular flexibility index (Phi) is 4.64. The molecular formula is C14H15FO5S. The number of halogens is 1. The monoisotopic (exact) mass is 314 g/mol. The summed E-state index contributed by atoms with van der Waals surface area (Å²) in [7, 11) is 2.61. The molecule has 0 aliphatic rings. The molecular weight excluding hydrogens is 299 g/mol. The van der Waals surface area contributed by atoms with Crippen LogP contribution in [-0.4, -0.2) is 30.4 Å². The predicted octanol–water partition coefficient (Wildman–Crippen LogP) is 2.74. The molecule has 1 aromatic heterocycles. The zero-order valence-electron chi connectivity index (χ0n) is 11.6. The Bertz CT molecular complexity index is 667. The number of aromatic hydroxyl groups is 1. The van der Waals surface area contributed by atoms with Gasteiger partial charge in [-0.1, -0.05) is 0 Å². The molecule has 1 aromatic carbocycles. The minimum Gasteiger partial charge on any atom is -0.502 e. The molecule has 2 N–H and O–H groups in total. The summed E-state index contributed by atoms with van der Waals surface area (Å²) in [6.07, 6.45) is -0.637. The Morgan fingerprint density at radius 2 is 2.14 bits per heavy atom. The first-order valence-electron chi connectivity index (χ1n) is 6.21. The van der Waals surface area contributed by atoms with Crippen LogP contribution in [0.2, 0.25) is 0 Å². The summed E-state index contributed by atoms with van der Waals surface area (Å²) in [6.45, 7) is 0. The fourth-order valence-corrected chi connectivity index (χ4v) is 3.05. The highest BCUT2D eigenvalue weighted by molar-refractivity contribution is 7.19. The van der Waals surface area contributed by atoms with Gasteiger partial charge in [0, 0.05) is 27.5 Å². The summed E-state index contributed by atoms with van der Waals surface area (Å²) >= 11 is 1.18. The summed E-state index contributed by atoms with van der Waals surface area (Å²) in [5, 5.41) is 19.9. The molecule has 114 valence electrons. The molecule has 0 spiro atoms. The molecule has 0 aliphatic heterocycles. The third-order valence-electron chi connectivity index (χ3n) is 3.12. The minimum atomic E-state index is -0.894. The second kappa shape index (κ2) is 6.28. The molecule has 1 unspecified atom stereocenters. The quantitative estimate of drug-likeness (QED) is 0.830. The number of phenols is 1. The molecule has 0 aliphatic carbocycles. The van der Waals surface area contributed by atoms with E-state index in [9.17, 15) is 19.4 Å². The molecule has 0 bridgehead atoms. The molecule has 0 fully saturated rings. The van der Waals surface area contributed by atoms with Crippen LogP contribution in [0.15, 0.2) is 12.1 Å². The van der Waals surface area contributed by atoms with Crippen LogP contribution in [0.1, 0.15) is 23.8 Å². The van der Waals surface area contributed by atoms with Crippen LogP contribution in [-0.2, 0) is 9.53 Å². The molecule has 0 saturated carbocycles. The van der Waals surface area contributed by atoms with E-state index >= 15 is 0 Å². The average Bonchev–Trinajstić information content (AvgIpc) is 2.92. The normalized spacial score (nSPS) is 12.4. The molecule has 2 rings (SSSR count). The van der Waals surface area contributed by atoms with E-state index in [-0.39, 0.29) is 24.0 Å². The van der Waals surface area contributed by atoms with E-state index in [1.807, 2.05) is 0 Å². The van der Waals surface area contributed by atoms with E-state index in [0.717, 1.165) is 0 Å². The first kappa shape index (κ1) is 15.5. The third kappa shape index (κ3) is 3.08. The number of fused-ring (bicyclic) bond motifs is 1. The molecule has 2 aromatic rings. The van der Waals surface area contributed by atoms with E-state index in [0.29, 0.717) is 9.58 Å². The summed E-state index contributed by atoms with van der Waals surface area (Å²) in [5.41, 5.74) is 0. The van der Waals surface area contributed by atoms with Crippen LogP contribution >= 0.6 is 11.3 Å². The van der Waals surface area contributed by atoms with Gasteiger partial charge >= 0.3 is 5.97 Å². The standard InChI is InChI=1S/C14H15FO5S/c1-19-9-6-10-7(13(15)14(9)18)5-11(21-10)8(16)3-4-12(17)20-2/h5-6,8,16,18H,3-4H2,1-2H3. The molecule has 0 radical (unpaired) electrons. The van der Waals surface area contributed by atoms with E-state index in [4.69, 9.17) is 4.74 Å². The highest BCUT2D eigenvalue weighted by atomic mass is 32.1. The SMILES string of the molecule is COC(=O)CCC(O)c1cc2c(F)c(O)c(OC)cc2s1. The average molecular weight is 314 g/mol. The van der Waals surface area contributed by atoms with Crippen molar-refractivity contribution in [3.05, 3.63) is 22.8 Å². The van der Waals surface area contributed by atoms with Gasteiger partial charge in [-0.15, -0.1) is 11.3 Å². The van der Waals surface area contributed by atoms with Crippen molar-refractivity contribution < 1.29 is 28.9 Å². The van der Waals surface area contributed by atoms with Gasteiger partial charge in [0.1, 0.15) is 0 Å². The second-order valence-electron chi connectivity index (χ2n) is 4.43. The molecule has 1 heterocycles.